The Kier molecular flexibility index (Phi) is 7.17. The lowest BCUT2D eigenvalue weighted by Crippen LogP contribution is -2.25. The van der Waals surface area contributed by atoms with Gasteiger partial charge < -0.3 is 10.6 Å². The topological polar surface area (TPSA) is 101 Å². The van der Waals surface area contributed by atoms with Crippen molar-refractivity contribution in [3.05, 3.63) is 114 Å². The number of amides is 2. The largest absolute Gasteiger partial charge is 0.352 e. The molecule has 3 aromatic heterocycles. The molecule has 2 amide bonds. The van der Waals surface area contributed by atoms with E-state index in [-0.39, 0.29) is 17.3 Å². The number of carbonyl (C=O) groups is 2. The number of rotatable bonds is 8. The Balaban J connectivity index is 1.25. The number of aromatic nitrogens is 4. The van der Waals surface area contributed by atoms with Gasteiger partial charge in [0.25, 0.3) is 11.8 Å². The lowest BCUT2D eigenvalue weighted by molar-refractivity contribution is 0.0951. The minimum atomic E-state index is -0.739. The first-order chi connectivity index (χ1) is 18.5. The molecule has 0 saturated heterocycles. The molecular formula is C29H25FN6O2. The zero-order valence-electron chi connectivity index (χ0n) is 20.6. The van der Waals surface area contributed by atoms with Crippen LogP contribution in [0.25, 0.3) is 16.9 Å². The fourth-order valence-corrected chi connectivity index (χ4v) is 4.10. The number of benzene rings is 2. The number of pyridine rings is 1. The Hall–Kier alpha value is -4.92. The minimum absolute atomic E-state index is 0.132. The molecule has 2 aromatic carbocycles. The van der Waals surface area contributed by atoms with Gasteiger partial charge in [0, 0.05) is 35.5 Å². The molecule has 0 fully saturated rings. The van der Waals surface area contributed by atoms with Gasteiger partial charge >= 0.3 is 0 Å². The summed E-state index contributed by atoms with van der Waals surface area (Å²) in [6.45, 7) is 2.72. The van der Waals surface area contributed by atoms with E-state index in [1.165, 1.54) is 22.3 Å². The number of imidazole rings is 1. The average Bonchev–Trinajstić information content (AvgIpc) is 3.35. The number of halogens is 1. The number of nitrogens with zero attached hydrogens (tertiary/aromatic N) is 4. The van der Waals surface area contributed by atoms with Crippen molar-refractivity contribution in [1.82, 2.24) is 24.9 Å². The number of anilines is 1. The van der Waals surface area contributed by atoms with Crippen molar-refractivity contribution in [2.24, 2.45) is 0 Å². The van der Waals surface area contributed by atoms with Crippen LogP contribution in [-0.2, 0) is 0 Å². The van der Waals surface area contributed by atoms with Crippen LogP contribution >= 0.6 is 0 Å². The van der Waals surface area contributed by atoms with Gasteiger partial charge in [0.05, 0.1) is 11.9 Å². The molecule has 5 aromatic rings. The van der Waals surface area contributed by atoms with Crippen LogP contribution in [0.5, 0.6) is 0 Å². The summed E-state index contributed by atoms with van der Waals surface area (Å²) in [5, 5.41) is 10.2. The van der Waals surface area contributed by atoms with Crippen LogP contribution in [0.4, 0.5) is 10.2 Å². The van der Waals surface area contributed by atoms with Crippen molar-refractivity contribution < 1.29 is 14.0 Å². The molecule has 0 spiro atoms. The molecule has 9 heteroatoms. The summed E-state index contributed by atoms with van der Waals surface area (Å²) in [5.74, 6) is -0.777. The highest BCUT2D eigenvalue weighted by Crippen LogP contribution is 2.21. The van der Waals surface area contributed by atoms with Crippen molar-refractivity contribution in [3.63, 3.8) is 0 Å². The summed E-state index contributed by atoms with van der Waals surface area (Å²) in [6, 6.07) is 23.5. The van der Waals surface area contributed by atoms with Crippen molar-refractivity contribution in [3.8, 4) is 11.3 Å². The van der Waals surface area contributed by atoms with Gasteiger partial charge in [-0.2, -0.15) is 9.49 Å². The first-order valence-electron chi connectivity index (χ1n) is 12.2. The molecule has 0 aliphatic rings. The molecule has 1 unspecified atom stereocenters. The quantitative estimate of drug-likeness (QED) is 0.284. The molecule has 190 valence electrons. The third-order valence-corrected chi connectivity index (χ3v) is 6.20. The highest BCUT2D eigenvalue weighted by Gasteiger charge is 2.13. The number of nitrogens with one attached hydrogen (secondary N) is 2. The van der Waals surface area contributed by atoms with Crippen LogP contribution in [0.2, 0.25) is 0 Å². The maximum atomic E-state index is 13.3. The van der Waals surface area contributed by atoms with E-state index in [4.69, 9.17) is 0 Å². The van der Waals surface area contributed by atoms with E-state index in [0.29, 0.717) is 29.4 Å². The Morgan fingerprint density at radius 2 is 1.76 bits per heavy atom. The number of hydrogen-bond acceptors (Lipinski definition) is 5. The highest BCUT2D eigenvalue weighted by atomic mass is 19.1. The minimum Gasteiger partial charge on any atom is -0.352 e. The van der Waals surface area contributed by atoms with Gasteiger partial charge in [-0.05, 0) is 48.2 Å². The second-order valence-corrected chi connectivity index (χ2v) is 8.91. The number of carbonyl (C=O) groups excluding carboxylic acids is 2. The second kappa shape index (κ2) is 11.0. The molecule has 5 rings (SSSR count). The van der Waals surface area contributed by atoms with E-state index >= 15 is 0 Å². The molecule has 1 atom stereocenters. The molecule has 38 heavy (non-hydrogen) atoms. The van der Waals surface area contributed by atoms with Gasteiger partial charge in [0.2, 0.25) is 5.95 Å². The Labute approximate surface area is 218 Å². The first kappa shape index (κ1) is 24.8. The summed E-state index contributed by atoms with van der Waals surface area (Å²) < 4.78 is 14.9. The summed E-state index contributed by atoms with van der Waals surface area (Å²) in [4.78, 5) is 33.0. The van der Waals surface area contributed by atoms with Crippen LogP contribution in [0.1, 0.15) is 45.5 Å². The standard InChI is InChI=1S/C29H25FN6O2/c1-19(20-6-3-2-4-7-20)12-14-32-28(37)22-9-5-8-21(16-22)24-10-11-27-33-26(18-36(27)35-24)34-29(38)23-13-15-31-25(30)17-23/h2-11,13,15-19H,12,14H2,1H3,(H,32,37)(H,34,38). The van der Waals surface area contributed by atoms with E-state index < -0.39 is 11.9 Å². The number of fused-ring (bicyclic) bond motifs is 1. The summed E-state index contributed by atoms with van der Waals surface area (Å²) in [6.07, 6.45) is 3.63. The van der Waals surface area contributed by atoms with Crippen molar-refractivity contribution >= 4 is 23.3 Å². The molecule has 2 N–H and O–H groups in total. The Morgan fingerprint density at radius 3 is 2.58 bits per heavy atom. The molecule has 0 radical (unpaired) electrons. The average molecular weight is 509 g/mol. The summed E-state index contributed by atoms with van der Waals surface area (Å²) in [5.41, 5.74) is 3.85. The predicted molar refractivity (Wildman–Crippen MR) is 142 cm³/mol. The van der Waals surface area contributed by atoms with Gasteiger partial charge in [-0.25, -0.2) is 14.5 Å². The normalized spacial score (nSPS) is 11.7. The second-order valence-electron chi connectivity index (χ2n) is 8.91. The maximum absolute atomic E-state index is 13.3. The highest BCUT2D eigenvalue weighted by molar-refractivity contribution is 6.03. The summed E-state index contributed by atoms with van der Waals surface area (Å²) in [7, 11) is 0. The fourth-order valence-electron chi connectivity index (χ4n) is 4.10. The lowest BCUT2D eigenvalue weighted by atomic mass is 9.98. The van der Waals surface area contributed by atoms with E-state index in [0.717, 1.165) is 18.1 Å². The van der Waals surface area contributed by atoms with Gasteiger partial charge in [-0.15, -0.1) is 0 Å². The van der Waals surface area contributed by atoms with E-state index in [1.54, 1.807) is 30.5 Å². The zero-order chi connectivity index (χ0) is 26.5. The van der Waals surface area contributed by atoms with Crippen LogP contribution in [0.15, 0.2) is 91.3 Å². The molecular weight excluding hydrogens is 483 g/mol. The lowest BCUT2D eigenvalue weighted by Gasteiger charge is -2.12. The Bertz CT molecular complexity index is 1600. The van der Waals surface area contributed by atoms with Crippen LogP contribution in [-0.4, -0.2) is 37.9 Å². The van der Waals surface area contributed by atoms with E-state index in [9.17, 15) is 14.0 Å². The van der Waals surface area contributed by atoms with Crippen LogP contribution in [0.3, 0.4) is 0 Å². The first-order valence-corrected chi connectivity index (χ1v) is 12.2. The van der Waals surface area contributed by atoms with Gasteiger partial charge in [0.15, 0.2) is 11.5 Å². The van der Waals surface area contributed by atoms with Crippen molar-refractivity contribution in [1.29, 1.82) is 0 Å². The van der Waals surface area contributed by atoms with Gasteiger partial charge in [-0.1, -0.05) is 49.4 Å². The van der Waals surface area contributed by atoms with E-state index in [2.05, 4.69) is 44.8 Å². The Morgan fingerprint density at radius 1 is 0.947 bits per heavy atom. The monoisotopic (exact) mass is 508 g/mol. The molecule has 0 aliphatic heterocycles. The van der Waals surface area contributed by atoms with Crippen molar-refractivity contribution in [2.45, 2.75) is 19.3 Å². The smallest absolute Gasteiger partial charge is 0.257 e. The molecule has 8 nitrogen and oxygen atoms in total. The fraction of sp³-hybridized carbons (Fsp3) is 0.138. The van der Waals surface area contributed by atoms with Crippen molar-refractivity contribution in [2.75, 3.05) is 11.9 Å². The molecule has 0 aliphatic carbocycles. The van der Waals surface area contributed by atoms with Crippen LogP contribution < -0.4 is 10.6 Å². The molecule has 0 saturated carbocycles. The predicted octanol–water partition coefficient (Wildman–Crippen LogP) is 5.11. The van der Waals surface area contributed by atoms with Crippen LogP contribution in [0, 0.1) is 5.95 Å². The summed E-state index contributed by atoms with van der Waals surface area (Å²) >= 11 is 0. The van der Waals surface area contributed by atoms with E-state index in [1.807, 2.05) is 30.3 Å². The maximum Gasteiger partial charge on any atom is 0.257 e. The zero-order valence-corrected chi connectivity index (χ0v) is 20.6. The SMILES string of the molecule is CC(CCNC(=O)c1cccc(-c2ccc3nc(NC(=O)c4ccnc(F)c4)cn3n2)c1)c1ccccc1. The van der Waals surface area contributed by atoms with Gasteiger partial charge in [-0.3, -0.25) is 9.59 Å². The number of hydrogen-bond donors (Lipinski definition) is 2. The molecule has 0 bridgehead atoms. The van der Waals surface area contributed by atoms with Gasteiger partial charge in [0.1, 0.15) is 0 Å². The third kappa shape index (κ3) is 5.73. The molecule has 3 heterocycles. The third-order valence-electron chi connectivity index (χ3n) is 6.20.